The number of hydrogen-bond donors (Lipinski definition) is 2. The van der Waals surface area contributed by atoms with Crippen molar-refractivity contribution < 1.29 is 9.53 Å². The minimum atomic E-state index is -0.697. The second-order valence-corrected chi connectivity index (χ2v) is 4.71. The zero-order chi connectivity index (χ0) is 13.4. The summed E-state index contributed by atoms with van der Waals surface area (Å²) in [5.74, 6) is 0.221. The molecule has 1 atom stereocenters. The number of rotatable bonds is 1. The van der Waals surface area contributed by atoms with Gasteiger partial charge in [0, 0.05) is 10.6 Å². The number of nitrogens with one attached hydrogen (secondary N) is 1. The number of halogens is 1. The minimum Gasteiger partial charge on any atom is -0.471 e. The largest absolute Gasteiger partial charge is 0.471 e. The molecule has 1 aliphatic heterocycles. The van der Waals surface area contributed by atoms with E-state index in [2.05, 4.69) is 5.32 Å². The van der Waals surface area contributed by atoms with E-state index in [4.69, 9.17) is 22.1 Å². The van der Waals surface area contributed by atoms with Crippen LogP contribution >= 0.6 is 11.6 Å². The van der Waals surface area contributed by atoms with Crippen LogP contribution in [0.25, 0.3) is 0 Å². The first-order valence-electron chi connectivity index (χ1n) is 5.76. The number of anilines is 2. The summed E-state index contributed by atoms with van der Waals surface area (Å²) >= 11 is 5.90. The highest BCUT2D eigenvalue weighted by molar-refractivity contribution is 6.31. The lowest BCUT2D eigenvalue weighted by atomic mass is 10.1. The number of nitrogen functional groups attached to an aromatic ring is 1. The molecule has 1 heterocycles. The standard InChI is InChI=1S/C14H11ClN2O2/c15-9-6-10(16)13-11(7-9)17-14(18)12(19-13)8-4-2-1-3-5-8/h1-7,12H,16H2,(H,17,18). The predicted molar refractivity (Wildman–Crippen MR) is 74.3 cm³/mol. The molecule has 0 aromatic heterocycles. The van der Waals surface area contributed by atoms with Crippen LogP contribution in [-0.2, 0) is 4.79 Å². The number of hydrogen-bond acceptors (Lipinski definition) is 3. The zero-order valence-electron chi connectivity index (χ0n) is 9.89. The molecule has 0 fully saturated rings. The summed E-state index contributed by atoms with van der Waals surface area (Å²) in [6.07, 6.45) is -0.697. The van der Waals surface area contributed by atoms with Crippen molar-refractivity contribution >= 4 is 28.9 Å². The minimum absolute atomic E-state index is 0.236. The fourth-order valence-electron chi connectivity index (χ4n) is 2.06. The molecule has 0 radical (unpaired) electrons. The van der Waals surface area contributed by atoms with E-state index in [1.165, 1.54) is 0 Å². The van der Waals surface area contributed by atoms with Gasteiger partial charge in [-0.2, -0.15) is 0 Å². The third-order valence-electron chi connectivity index (χ3n) is 2.92. The number of nitrogens with two attached hydrogens (primary N) is 1. The lowest BCUT2D eigenvalue weighted by molar-refractivity contribution is -0.123. The third kappa shape index (κ3) is 2.11. The molecule has 19 heavy (non-hydrogen) atoms. The summed E-state index contributed by atoms with van der Waals surface area (Å²) in [5.41, 5.74) is 7.55. The van der Waals surface area contributed by atoms with Gasteiger partial charge < -0.3 is 15.8 Å². The van der Waals surface area contributed by atoms with Crippen molar-refractivity contribution in [2.45, 2.75) is 6.10 Å². The van der Waals surface area contributed by atoms with Gasteiger partial charge in [0.2, 0.25) is 6.10 Å². The van der Waals surface area contributed by atoms with E-state index in [1.807, 2.05) is 30.3 Å². The Morgan fingerprint density at radius 1 is 1.21 bits per heavy atom. The summed E-state index contributed by atoms with van der Waals surface area (Å²) in [5, 5.41) is 3.22. The molecule has 0 saturated heterocycles. The number of amides is 1. The number of carbonyl (C=O) groups is 1. The highest BCUT2D eigenvalue weighted by Crippen LogP contribution is 2.41. The number of fused-ring (bicyclic) bond motifs is 1. The van der Waals surface area contributed by atoms with Crippen molar-refractivity contribution in [1.29, 1.82) is 0 Å². The van der Waals surface area contributed by atoms with Crippen molar-refractivity contribution in [3.8, 4) is 5.75 Å². The topological polar surface area (TPSA) is 64.3 Å². The highest BCUT2D eigenvalue weighted by Gasteiger charge is 2.30. The molecule has 0 bridgehead atoms. The molecule has 5 heteroatoms. The van der Waals surface area contributed by atoms with Gasteiger partial charge in [-0.05, 0) is 12.1 Å². The monoisotopic (exact) mass is 274 g/mol. The normalized spacial score (nSPS) is 17.3. The van der Waals surface area contributed by atoms with Crippen LogP contribution in [0, 0.1) is 0 Å². The number of benzene rings is 2. The summed E-state index contributed by atoms with van der Waals surface area (Å²) in [4.78, 5) is 12.1. The summed E-state index contributed by atoms with van der Waals surface area (Å²) < 4.78 is 5.72. The van der Waals surface area contributed by atoms with Crippen LogP contribution in [0.1, 0.15) is 11.7 Å². The van der Waals surface area contributed by atoms with Gasteiger partial charge in [0.1, 0.15) is 0 Å². The number of ether oxygens (including phenoxy) is 1. The molecular formula is C14H11ClN2O2. The molecule has 1 amide bonds. The second-order valence-electron chi connectivity index (χ2n) is 4.27. The van der Waals surface area contributed by atoms with Gasteiger partial charge in [0.05, 0.1) is 11.4 Å². The van der Waals surface area contributed by atoms with E-state index < -0.39 is 6.10 Å². The Morgan fingerprint density at radius 2 is 1.95 bits per heavy atom. The van der Waals surface area contributed by atoms with Gasteiger partial charge in [-0.15, -0.1) is 0 Å². The smallest absolute Gasteiger partial charge is 0.270 e. The van der Waals surface area contributed by atoms with Crippen LogP contribution in [0.2, 0.25) is 5.02 Å². The SMILES string of the molecule is Nc1cc(Cl)cc2c1OC(c1ccccc1)C(=O)N2. The Kier molecular flexibility index (Phi) is 2.80. The molecule has 2 aromatic carbocycles. The molecule has 3 N–H and O–H groups in total. The Balaban J connectivity index is 2.03. The van der Waals surface area contributed by atoms with E-state index in [9.17, 15) is 4.79 Å². The molecule has 4 nitrogen and oxygen atoms in total. The first-order valence-corrected chi connectivity index (χ1v) is 6.14. The molecular weight excluding hydrogens is 264 g/mol. The van der Waals surface area contributed by atoms with Crippen molar-refractivity contribution in [2.75, 3.05) is 11.1 Å². The van der Waals surface area contributed by atoms with Crippen LogP contribution in [0.4, 0.5) is 11.4 Å². The van der Waals surface area contributed by atoms with Gasteiger partial charge >= 0.3 is 0 Å². The lowest BCUT2D eigenvalue weighted by Crippen LogP contribution is -2.30. The molecule has 96 valence electrons. The molecule has 0 aliphatic carbocycles. The van der Waals surface area contributed by atoms with E-state index in [0.717, 1.165) is 5.56 Å². The van der Waals surface area contributed by atoms with Crippen LogP contribution in [0.5, 0.6) is 5.75 Å². The van der Waals surface area contributed by atoms with Crippen LogP contribution in [0.15, 0.2) is 42.5 Å². The molecule has 0 spiro atoms. The zero-order valence-corrected chi connectivity index (χ0v) is 10.6. The quantitative estimate of drug-likeness (QED) is 0.786. The van der Waals surface area contributed by atoms with E-state index in [0.29, 0.717) is 22.1 Å². The van der Waals surface area contributed by atoms with Gasteiger partial charge in [-0.1, -0.05) is 41.9 Å². The number of carbonyl (C=O) groups excluding carboxylic acids is 1. The maximum Gasteiger partial charge on any atom is 0.270 e. The summed E-state index contributed by atoms with van der Waals surface area (Å²) in [6, 6.07) is 12.5. The summed E-state index contributed by atoms with van der Waals surface area (Å²) in [6.45, 7) is 0. The predicted octanol–water partition coefficient (Wildman–Crippen LogP) is 2.99. The Labute approximate surface area is 115 Å². The Morgan fingerprint density at radius 3 is 2.68 bits per heavy atom. The molecule has 1 aliphatic rings. The van der Waals surface area contributed by atoms with Gasteiger partial charge in [-0.3, -0.25) is 4.79 Å². The van der Waals surface area contributed by atoms with Crippen molar-refractivity contribution in [1.82, 2.24) is 0 Å². The first-order chi connectivity index (χ1) is 9.15. The fraction of sp³-hybridized carbons (Fsp3) is 0.0714. The van der Waals surface area contributed by atoms with Gasteiger partial charge in [0.15, 0.2) is 5.75 Å². The average Bonchev–Trinajstić information content (AvgIpc) is 2.38. The van der Waals surface area contributed by atoms with Crippen LogP contribution in [-0.4, -0.2) is 5.91 Å². The van der Waals surface area contributed by atoms with E-state index in [-0.39, 0.29) is 5.91 Å². The van der Waals surface area contributed by atoms with Crippen molar-refractivity contribution in [2.24, 2.45) is 0 Å². The Bertz CT molecular complexity index is 643. The third-order valence-corrected chi connectivity index (χ3v) is 3.13. The highest BCUT2D eigenvalue weighted by atomic mass is 35.5. The Hall–Kier alpha value is -2.20. The first kappa shape index (κ1) is 11.9. The van der Waals surface area contributed by atoms with Gasteiger partial charge in [0.25, 0.3) is 5.91 Å². The maximum absolute atomic E-state index is 12.1. The molecule has 0 saturated carbocycles. The summed E-state index contributed by atoms with van der Waals surface area (Å²) in [7, 11) is 0. The van der Waals surface area contributed by atoms with Gasteiger partial charge in [-0.25, -0.2) is 0 Å². The van der Waals surface area contributed by atoms with Crippen LogP contribution in [0.3, 0.4) is 0 Å². The molecule has 1 unspecified atom stereocenters. The van der Waals surface area contributed by atoms with Crippen LogP contribution < -0.4 is 15.8 Å². The van der Waals surface area contributed by atoms with Crippen molar-refractivity contribution in [3.05, 3.63) is 53.1 Å². The average molecular weight is 275 g/mol. The molecule has 2 aromatic rings. The van der Waals surface area contributed by atoms with E-state index >= 15 is 0 Å². The lowest BCUT2D eigenvalue weighted by Gasteiger charge is -2.27. The second kappa shape index (κ2) is 4.48. The maximum atomic E-state index is 12.1. The van der Waals surface area contributed by atoms with E-state index in [1.54, 1.807) is 12.1 Å². The van der Waals surface area contributed by atoms with Crippen molar-refractivity contribution in [3.63, 3.8) is 0 Å². The fourth-order valence-corrected chi connectivity index (χ4v) is 2.28. The molecule has 3 rings (SSSR count).